The topological polar surface area (TPSA) is 46.9 Å². The van der Waals surface area contributed by atoms with Crippen molar-refractivity contribution in [2.24, 2.45) is 0 Å². The lowest BCUT2D eigenvalue weighted by Gasteiger charge is -2.12. The van der Waals surface area contributed by atoms with Crippen LogP contribution >= 0.6 is 11.6 Å². The molecule has 1 aromatic heterocycles. The van der Waals surface area contributed by atoms with Gasteiger partial charge in [-0.25, -0.2) is 0 Å². The van der Waals surface area contributed by atoms with Crippen LogP contribution in [-0.2, 0) is 12.7 Å². The highest BCUT2D eigenvalue weighted by Crippen LogP contribution is 2.36. The van der Waals surface area contributed by atoms with Crippen molar-refractivity contribution < 1.29 is 18.0 Å². The summed E-state index contributed by atoms with van der Waals surface area (Å²) < 4.78 is 40.7. The first kappa shape index (κ1) is 19.9. The van der Waals surface area contributed by atoms with E-state index in [1.165, 1.54) is 6.07 Å². The third kappa shape index (κ3) is 4.20. The van der Waals surface area contributed by atoms with Gasteiger partial charge in [0.1, 0.15) is 0 Å². The van der Waals surface area contributed by atoms with Gasteiger partial charge in [0.15, 0.2) is 0 Å². The molecule has 28 heavy (non-hydrogen) atoms. The number of aromatic nitrogens is 2. The average molecular weight is 408 g/mol. The molecule has 2 aromatic carbocycles. The van der Waals surface area contributed by atoms with Gasteiger partial charge < -0.3 is 5.32 Å². The summed E-state index contributed by atoms with van der Waals surface area (Å²) in [6.45, 7) is 3.92. The number of anilines is 1. The molecular weight excluding hydrogens is 391 g/mol. The molecule has 0 aliphatic rings. The molecule has 0 atom stereocenters. The van der Waals surface area contributed by atoms with Crippen molar-refractivity contribution >= 4 is 23.2 Å². The Morgan fingerprint density at radius 1 is 1.14 bits per heavy atom. The van der Waals surface area contributed by atoms with Gasteiger partial charge in [-0.1, -0.05) is 41.9 Å². The first-order valence-electron chi connectivity index (χ1n) is 8.43. The Labute approximate surface area is 164 Å². The van der Waals surface area contributed by atoms with Crippen molar-refractivity contribution in [3.05, 3.63) is 81.6 Å². The number of aryl methyl sites for hydroxylation is 1. The Morgan fingerprint density at radius 3 is 2.46 bits per heavy atom. The molecule has 8 heteroatoms. The Morgan fingerprint density at radius 2 is 1.82 bits per heavy atom. The summed E-state index contributed by atoms with van der Waals surface area (Å²) in [4.78, 5) is 12.7. The minimum atomic E-state index is -4.61. The molecule has 0 saturated heterocycles. The standard InChI is InChI=1S/C20H17ClF3N3O/c1-12-18(13(2)27(26-12)11-14-6-4-3-5-7-14)19(28)25-15-8-9-17(21)16(10-15)20(22,23)24/h3-10H,11H2,1-2H3,(H,25,28). The van der Waals surface area contributed by atoms with Crippen molar-refractivity contribution in [2.45, 2.75) is 26.6 Å². The van der Waals surface area contributed by atoms with Gasteiger partial charge in [-0.15, -0.1) is 0 Å². The van der Waals surface area contributed by atoms with Gasteiger partial charge in [0.2, 0.25) is 0 Å². The minimum Gasteiger partial charge on any atom is -0.322 e. The van der Waals surface area contributed by atoms with E-state index in [2.05, 4.69) is 10.4 Å². The van der Waals surface area contributed by atoms with Gasteiger partial charge in [0.25, 0.3) is 5.91 Å². The third-order valence-electron chi connectivity index (χ3n) is 4.31. The van der Waals surface area contributed by atoms with E-state index in [1.54, 1.807) is 18.5 Å². The number of hydrogen-bond acceptors (Lipinski definition) is 2. The zero-order valence-corrected chi connectivity index (χ0v) is 15.9. The van der Waals surface area contributed by atoms with E-state index < -0.39 is 22.7 Å². The van der Waals surface area contributed by atoms with Crippen LogP contribution in [-0.4, -0.2) is 15.7 Å². The van der Waals surface area contributed by atoms with Gasteiger partial charge in [-0.2, -0.15) is 18.3 Å². The van der Waals surface area contributed by atoms with Gasteiger partial charge in [0, 0.05) is 11.4 Å². The molecule has 0 radical (unpaired) electrons. The summed E-state index contributed by atoms with van der Waals surface area (Å²) in [5, 5.41) is 6.48. The molecule has 0 fully saturated rings. The van der Waals surface area contributed by atoms with E-state index in [-0.39, 0.29) is 5.69 Å². The van der Waals surface area contributed by atoms with Gasteiger partial charge in [0.05, 0.1) is 28.4 Å². The van der Waals surface area contributed by atoms with Crippen LogP contribution < -0.4 is 5.32 Å². The van der Waals surface area contributed by atoms with Crippen molar-refractivity contribution in [1.29, 1.82) is 0 Å². The fraction of sp³-hybridized carbons (Fsp3) is 0.200. The number of carbonyl (C=O) groups is 1. The van der Waals surface area contributed by atoms with E-state index in [1.807, 2.05) is 30.3 Å². The molecular formula is C20H17ClF3N3O. The van der Waals surface area contributed by atoms with Gasteiger partial charge in [-0.05, 0) is 37.6 Å². The number of carbonyl (C=O) groups excluding carboxylic acids is 1. The number of nitrogens with one attached hydrogen (secondary N) is 1. The normalized spacial score (nSPS) is 11.5. The molecule has 4 nitrogen and oxygen atoms in total. The second kappa shape index (κ2) is 7.67. The first-order chi connectivity index (χ1) is 13.2. The van der Waals surface area contributed by atoms with Crippen LogP contribution in [0.4, 0.5) is 18.9 Å². The molecule has 3 rings (SSSR count). The van der Waals surface area contributed by atoms with Crippen LogP contribution in [0.25, 0.3) is 0 Å². The minimum absolute atomic E-state index is 0.0105. The van der Waals surface area contributed by atoms with E-state index in [0.29, 0.717) is 23.5 Å². The molecule has 0 aliphatic heterocycles. The molecule has 1 N–H and O–H groups in total. The maximum absolute atomic E-state index is 13.0. The van der Waals surface area contributed by atoms with Crippen molar-refractivity contribution in [3.8, 4) is 0 Å². The van der Waals surface area contributed by atoms with Crippen LogP contribution in [0.3, 0.4) is 0 Å². The maximum atomic E-state index is 13.0. The molecule has 1 amide bonds. The zero-order chi connectivity index (χ0) is 20.5. The highest BCUT2D eigenvalue weighted by Gasteiger charge is 2.33. The fourth-order valence-electron chi connectivity index (χ4n) is 2.95. The number of halogens is 4. The van der Waals surface area contributed by atoms with Gasteiger partial charge in [-0.3, -0.25) is 9.48 Å². The lowest BCUT2D eigenvalue weighted by molar-refractivity contribution is -0.137. The molecule has 0 bridgehead atoms. The Kier molecular flexibility index (Phi) is 5.47. The maximum Gasteiger partial charge on any atom is 0.417 e. The molecule has 0 spiro atoms. The lowest BCUT2D eigenvalue weighted by atomic mass is 10.1. The third-order valence-corrected chi connectivity index (χ3v) is 4.64. The average Bonchev–Trinajstić information content (AvgIpc) is 2.90. The smallest absolute Gasteiger partial charge is 0.322 e. The fourth-order valence-corrected chi connectivity index (χ4v) is 3.17. The summed E-state index contributed by atoms with van der Waals surface area (Å²) in [6, 6.07) is 12.9. The Bertz CT molecular complexity index is 1010. The van der Waals surface area contributed by atoms with E-state index in [0.717, 1.165) is 17.7 Å². The van der Waals surface area contributed by atoms with Crippen LogP contribution in [0.15, 0.2) is 48.5 Å². The van der Waals surface area contributed by atoms with Crippen LogP contribution in [0.2, 0.25) is 5.02 Å². The monoisotopic (exact) mass is 407 g/mol. The Balaban J connectivity index is 1.86. The number of amides is 1. The van der Waals surface area contributed by atoms with Crippen molar-refractivity contribution in [1.82, 2.24) is 9.78 Å². The molecule has 0 aliphatic carbocycles. The molecule has 3 aromatic rings. The second-order valence-electron chi connectivity index (χ2n) is 6.34. The summed E-state index contributed by atoms with van der Waals surface area (Å²) in [7, 11) is 0. The highest BCUT2D eigenvalue weighted by molar-refractivity contribution is 6.31. The van der Waals surface area contributed by atoms with Crippen LogP contribution in [0.5, 0.6) is 0 Å². The van der Waals surface area contributed by atoms with Crippen LogP contribution in [0, 0.1) is 13.8 Å². The molecule has 0 saturated carbocycles. The summed E-state index contributed by atoms with van der Waals surface area (Å²) in [6.07, 6.45) is -4.61. The second-order valence-corrected chi connectivity index (χ2v) is 6.74. The zero-order valence-electron chi connectivity index (χ0n) is 15.1. The molecule has 0 unspecified atom stereocenters. The first-order valence-corrected chi connectivity index (χ1v) is 8.80. The number of hydrogen-bond donors (Lipinski definition) is 1. The van der Waals surface area contributed by atoms with Crippen LogP contribution in [0.1, 0.15) is 32.9 Å². The summed E-state index contributed by atoms with van der Waals surface area (Å²) >= 11 is 5.62. The largest absolute Gasteiger partial charge is 0.417 e. The predicted octanol–water partition coefficient (Wildman–Crippen LogP) is 5.47. The van der Waals surface area contributed by atoms with Crippen molar-refractivity contribution in [3.63, 3.8) is 0 Å². The van der Waals surface area contributed by atoms with E-state index in [4.69, 9.17) is 11.6 Å². The lowest BCUT2D eigenvalue weighted by Crippen LogP contribution is -2.15. The number of rotatable bonds is 4. The number of benzene rings is 2. The van der Waals surface area contributed by atoms with E-state index in [9.17, 15) is 18.0 Å². The van der Waals surface area contributed by atoms with Crippen molar-refractivity contribution in [2.75, 3.05) is 5.32 Å². The molecule has 146 valence electrons. The van der Waals surface area contributed by atoms with E-state index >= 15 is 0 Å². The SMILES string of the molecule is Cc1nn(Cc2ccccc2)c(C)c1C(=O)Nc1ccc(Cl)c(C(F)(F)F)c1. The number of nitrogens with zero attached hydrogens (tertiary/aromatic N) is 2. The Hall–Kier alpha value is -2.80. The number of alkyl halides is 3. The quantitative estimate of drug-likeness (QED) is 0.623. The molecule has 1 heterocycles. The predicted molar refractivity (Wildman–Crippen MR) is 102 cm³/mol. The highest BCUT2D eigenvalue weighted by atomic mass is 35.5. The van der Waals surface area contributed by atoms with Gasteiger partial charge >= 0.3 is 6.18 Å². The summed E-state index contributed by atoms with van der Waals surface area (Å²) in [5.41, 5.74) is 1.49. The summed E-state index contributed by atoms with van der Waals surface area (Å²) in [5.74, 6) is -0.523.